The van der Waals surface area contributed by atoms with Crippen LogP contribution < -0.4 is 5.73 Å². The van der Waals surface area contributed by atoms with Crippen LogP contribution in [0.2, 0.25) is 0 Å². The van der Waals surface area contributed by atoms with Gasteiger partial charge in [-0.2, -0.15) is 0 Å². The van der Waals surface area contributed by atoms with E-state index in [2.05, 4.69) is 35.2 Å². The summed E-state index contributed by atoms with van der Waals surface area (Å²) in [7, 11) is 0. The zero-order valence-electron chi connectivity index (χ0n) is 9.07. The molecule has 2 aliphatic rings. The number of anilines is 1. The van der Waals surface area contributed by atoms with Gasteiger partial charge in [0.25, 0.3) is 0 Å². The number of nitrogen functional groups attached to an aromatic ring is 1. The lowest BCUT2D eigenvalue weighted by atomic mass is 10.2. The van der Waals surface area contributed by atoms with Gasteiger partial charge in [-0.1, -0.05) is 24.1 Å². The molecule has 0 saturated carbocycles. The second-order valence-electron chi connectivity index (χ2n) is 3.67. The molecule has 16 heavy (non-hydrogen) atoms. The van der Waals surface area contributed by atoms with Gasteiger partial charge in [-0.3, -0.25) is 0 Å². The molecule has 0 aromatic carbocycles. The van der Waals surface area contributed by atoms with Crippen LogP contribution in [0.1, 0.15) is 11.1 Å². The van der Waals surface area contributed by atoms with E-state index in [4.69, 9.17) is 12.2 Å². The van der Waals surface area contributed by atoms with Gasteiger partial charge in [0.05, 0.1) is 5.56 Å². The van der Waals surface area contributed by atoms with Gasteiger partial charge in [0.2, 0.25) is 0 Å². The second-order valence-corrected chi connectivity index (χ2v) is 3.67. The van der Waals surface area contributed by atoms with Crippen molar-refractivity contribution in [1.29, 1.82) is 0 Å². The van der Waals surface area contributed by atoms with Gasteiger partial charge in [0.15, 0.2) is 0 Å². The summed E-state index contributed by atoms with van der Waals surface area (Å²) in [6.07, 6.45) is 6.84. The van der Waals surface area contributed by atoms with Crippen molar-refractivity contribution < 1.29 is 0 Å². The molecule has 1 aromatic heterocycles. The Morgan fingerprint density at radius 3 is 2.31 bits per heavy atom. The highest BCUT2D eigenvalue weighted by Gasteiger charge is 2.06. The molecule has 0 radical (unpaired) electrons. The summed E-state index contributed by atoms with van der Waals surface area (Å²) in [6.45, 7) is 1.92. The molecule has 1 heterocycles. The Kier molecular flexibility index (Phi) is 2.61. The van der Waals surface area contributed by atoms with Crippen LogP contribution in [-0.2, 0) is 0 Å². The first-order valence-corrected chi connectivity index (χ1v) is 5.00. The zero-order chi connectivity index (χ0) is 11.5. The number of aromatic nitrogens is 1. The average Bonchev–Trinajstić information content (AvgIpc) is 2.90. The predicted molar refractivity (Wildman–Crippen MR) is 66.8 cm³/mol. The molecule has 2 N–H and O–H groups in total. The van der Waals surface area contributed by atoms with Gasteiger partial charge in [-0.15, -0.1) is 6.42 Å². The lowest BCUT2D eigenvalue weighted by Crippen LogP contribution is -1.94. The van der Waals surface area contributed by atoms with Gasteiger partial charge in [-0.25, -0.2) is 4.98 Å². The number of hydrogen-bond acceptors (Lipinski definition) is 2. The molecule has 0 amide bonds. The number of pyridine rings is 1. The maximum atomic E-state index is 5.45. The summed E-state index contributed by atoms with van der Waals surface area (Å²) in [6, 6.07) is 10.3. The van der Waals surface area contributed by atoms with Gasteiger partial charge in [-0.05, 0) is 35.7 Å². The Morgan fingerprint density at radius 1 is 1.25 bits per heavy atom. The monoisotopic (exact) mass is 208 g/mol. The minimum absolute atomic E-state index is 0.424. The first-order chi connectivity index (χ1) is 7.70. The molecule has 0 spiro atoms. The minimum atomic E-state index is 0.424. The van der Waals surface area contributed by atoms with Crippen molar-refractivity contribution in [2.45, 2.75) is 6.92 Å². The highest BCUT2D eigenvalue weighted by atomic mass is 14.8. The van der Waals surface area contributed by atoms with E-state index in [1.54, 1.807) is 6.20 Å². The minimum Gasteiger partial charge on any atom is -0.383 e. The van der Waals surface area contributed by atoms with Crippen LogP contribution in [0.4, 0.5) is 5.82 Å². The number of hydrogen-bond donors (Lipinski definition) is 1. The fourth-order valence-electron chi connectivity index (χ4n) is 1.37. The predicted octanol–water partition coefficient (Wildman–Crippen LogP) is 2.62. The van der Waals surface area contributed by atoms with Crippen molar-refractivity contribution in [3.05, 3.63) is 47.7 Å². The summed E-state index contributed by atoms with van der Waals surface area (Å²) in [4.78, 5) is 3.88. The molecule has 78 valence electrons. The van der Waals surface area contributed by atoms with E-state index in [-0.39, 0.29) is 0 Å². The molecular weight excluding hydrogens is 196 g/mol. The van der Waals surface area contributed by atoms with E-state index in [1.165, 1.54) is 11.1 Å². The highest BCUT2D eigenvalue weighted by molar-refractivity contribution is 5.80. The summed E-state index contributed by atoms with van der Waals surface area (Å²) >= 11 is 0. The van der Waals surface area contributed by atoms with E-state index < -0.39 is 0 Å². The number of nitrogens with two attached hydrogens (primary N) is 1. The molecule has 0 atom stereocenters. The third-order valence-electron chi connectivity index (χ3n) is 2.32. The molecule has 0 bridgehead atoms. The van der Waals surface area contributed by atoms with Crippen molar-refractivity contribution in [3.8, 4) is 23.5 Å². The van der Waals surface area contributed by atoms with Gasteiger partial charge in [0, 0.05) is 6.20 Å². The third-order valence-corrected chi connectivity index (χ3v) is 2.32. The van der Waals surface area contributed by atoms with Crippen LogP contribution >= 0.6 is 0 Å². The largest absolute Gasteiger partial charge is 0.383 e. The van der Waals surface area contributed by atoms with E-state index >= 15 is 0 Å². The maximum absolute atomic E-state index is 5.45. The van der Waals surface area contributed by atoms with E-state index in [0.29, 0.717) is 11.4 Å². The van der Waals surface area contributed by atoms with Crippen molar-refractivity contribution in [2.75, 3.05) is 5.73 Å². The molecule has 0 aliphatic heterocycles. The SMILES string of the molecule is C#Cc1cc(C)cnc1N.c1cc2cc-2c1. The van der Waals surface area contributed by atoms with Crippen LogP contribution in [-0.4, -0.2) is 4.98 Å². The molecule has 2 nitrogen and oxygen atoms in total. The number of terminal acetylenes is 1. The summed E-state index contributed by atoms with van der Waals surface area (Å²) in [5, 5.41) is 0. The lowest BCUT2D eigenvalue weighted by molar-refractivity contribution is 1.26. The van der Waals surface area contributed by atoms with E-state index in [1.807, 2.05) is 13.0 Å². The first-order valence-electron chi connectivity index (χ1n) is 5.00. The Bertz CT molecular complexity index is 548. The summed E-state index contributed by atoms with van der Waals surface area (Å²) in [5.74, 6) is 2.87. The molecule has 0 fully saturated rings. The van der Waals surface area contributed by atoms with Crippen molar-refractivity contribution in [3.63, 3.8) is 0 Å². The Labute approximate surface area is 95.1 Å². The smallest absolute Gasteiger partial charge is 0.139 e. The highest BCUT2D eigenvalue weighted by Crippen LogP contribution is 2.32. The Balaban J connectivity index is 0.000000134. The van der Waals surface area contributed by atoms with Crippen LogP contribution in [0.5, 0.6) is 0 Å². The molecule has 0 unspecified atom stereocenters. The molecule has 1 aromatic rings. The summed E-state index contributed by atoms with van der Waals surface area (Å²) < 4.78 is 0. The summed E-state index contributed by atoms with van der Waals surface area (Å²) in [5.41, 5.74) is 9.99. The number of benzene rings is 1. The standard InChI is InChI=1S/C8H8N2.C6H4/c1-3-7-4-6(2)5-10-8(7)9;1-2-5-4-6(5)3-1/h1,4-5H,2H3,(H2,9,10);1-4H. The molecule has 3 rings (SSSR count). The quantitative estimate of drug-likeness (QED) is 0.577. The molecule has 2 aliphatic carbocycles. The fourth-order valence-corrected chi connectivity index (χ4v) is 1.37. The third kappa shape index (κ3) is 2.21. The van der Waals surface area contributed by atoms with Crippen molar-refractivity contribution in [2.24, 2.45) is 0 Å². The van der Waals surface area contributed by atoms with Crippen LogP contribution in [0, 0.1) is 19.3 Å². The number of fused-ring (bicyclic) bond motifs is 1. The van der Waals surface area contributed by atoms with E-state index in [0.717, 1.165) is 5.56 Å². The lowest BCUT2D eigenvalue weighted by Gasteiger charge is -1.96. The zero-order valence-corrected chi connectivity index (χ0v) is 9.07. The van der Waals surface area contributed by atoms with Gasteiger partial charge in [0.1, 0.15) is 5.82 Å². The van der Waals surface area contributed by atoms with Crippen molar-refractivity contribution in [1.82, 2.24) is 4.98 Å². The Morgan fingerprint density at radius 2 is 1.94 bits per heavy atom. The van der Waals surface area contributed by atoms with Crippen LogP contribution in [0.15, 0.2) is 36.5 Å². The first kappa shape index (κ1) is 10.3. The van der Waals surface area contributed by atoms with Gasteiger partial charge < -0.3 is 5.73 Å². The fraction of sp³-hybridized carbons (Fsp3) is 0.0714. The van der Waals surface area contributed by atoms with Crippen molar-refractivity contribution >= 4 is 5.82 Å². The van der Waals surface area contributed by atoms with Crippen LogP contribution in [0.3, 0.4) is 0 Å². The topological polar surface area (TPSA) is 38.9 Å². The number of nitrogens with zero attached hydrogens (tertiary/aromatic N) is 1. The number of rotatable bonds is 0. The Hall–Kier alpha value is -2.27. The van der Waals surface area contributed by atoms with Gasteiger partial charge >= 0.3 is 0 Å². The number of aryl methyl sites for hydroxylation is 1. The second kappa shape index (κ2) is 4.08. The molecular formula is C14H12N2. The average molecular weight is 208 g/mol. The van der Waals surface area contributed by atoms with E-state index in [9.17, 15) is 0 Å². The molecule has 2 heteroatoms. The molecule has 0 saturated heterocycles. The van der Waals surface area contributed by atoms with Crippen LogP contribution in [0.25, 0.3) is 11.1 Å². The maximum Gasteiger partial charge on any atom is 0.139 e. The normalized spacial score (nSPS) is 9.75.